The quantitative estimate of drug-likeness (QED) is 0.566. The first-order chi connectivity index (χ1) is 5.25. The Morgan fingerprint density at radius 3 is 2.82 bits per heavy atom. The molecule has 0 saturated carbocycles. The Bertz CT molecular complexity index is 218. The molecule has 0 unspecified atom stereocenters. The summed E-state index contributed by atoms with van der Waals surface area (Å²) in [5, 5.41) is 2.51. The largest absolute Gasteiger partial charge is 0.312 e. The van der Waals surface area contributed by atoms with Gasteiger partial charge in [-0.3, -0.25) is 9.79 Å². The normalized spacial score (nSPS) is 16.3. The summed E-state index contributed by atoms with van der Waals surface area (Å²) >= 11 is 0. The number of amidine groups is 1. The molecule has 0 aromatic heterocycles. The number of nitrogens with one attached hydrogen (secondary N) is 1. The Balaban J connectivity index is 2.67. The predicted octanol–water partition coefficient (Wildman–Crippen LogP) is 0.199. The summed E-state index contributed by atoms with van der Waals surface area (Å²) in [4.78, 5) is 18.2. The van der Waals surface area contributed by atoms with Gasteiger partial charge in [0, 0.05) is 0 Å². The van der Waals surface area contributed by atoms with E-state index in [2.05, 4.69) is 15.3 Å². The van der Waals surface area contributed by atoms with Gasteiger partial charge < -0.3 is 5.32 Å². The highest BCUT2D eigenvalue weighted by Crippen LogP contribution is 2.03. The Hall–Kier alpha value is -1.19. The maximum Gasteiger partial charge on any atom is 0.212 e. The van der Waals surface area contributed by atoms with E-state index in [1.54, 1.807) is 0 Å². The van der Waals surface area contributed by atoms with Crippen molar-refractivity contribution in [2.45, 2.75) is 13.8 Å². The number of aliphatic imine (C=N–C) groups is 2. The third-order valence-corrected chi connectivity index (χ3v) is 1.46. The Morgan fingerprint density at radius 1 is 1.55 bits per heavy atom. The van der Waals surface area contributed by atoms with Crippen molar-refractivity contribution in [3.05, 3.63) is 0 Å². The summed E-state index contributed by atoms with van der Waals surface area (Å²) < 4.78 is 0. The van der Waals surface area contributed by atoms with Gasteiger partial charge in [-0.1, -0.05) is 13.8 Å². The summed E-state index contributed by atoms with van der Waals surface area (Å²) in [6.45, 7) is 4.49. The zero-order valence-corrected chi connectivity index (χ0v) is 6.66. The van der Waals surface area contributed by atoms with E-state index in [9.17, 15) is 4.79 Å². The van der Waals surface area contributed by atoms with Crippen molar-refractivity contribution in [3.63, 3.8) is 0 Å². The van der Waals surface area contributed by atoms with Crippen molar-refractivity contribution in [3.8, 4) is 0 Å². The van der Waals surface area contributed by atoms with Crippen molar-refractivity contribution >= 4 is 18.0 Å². The van der Waals surface area contributed by atoms with Gasteiger partial charge in [-0.25, -0.2) is 4.99 Å². The maximum absolute atomic E-state index is 10.1. The second kappa shape index (κ2) is 3.27. The Labute approximate surface area is 65.4 Å². The molecule has 0 aliphatic carbocycles. The lowest BCUT2D eigenvalue weighted by Gasteiger charge is -2.05. The molecule has 0 aromatic rings. The highest BCUT2D eigenvalue weighted by atomic mass is 16.1. The lowest BCUT2D eigenvalue weighted by atomic mass is 10.1. The van der Waals surface area contributed by atoms with E-state index in [1.165, 1.54) is 0 Å². The van der Waals surface area contributed by atoms with Crippen LogP contribution in [0.1, 0.15) is 13.8 Å². The molecule has 1 aliphatic rings. The van der Waals surface area contributed by atoms with Crippen molar-refractivity contribution in [2.24, 2.45) is 15.9 Å². The fourth-order valence-electron chi connectivity index (χ4n) is 0.970. The van der Waals surface area contributed by atoms with E-state index in [0.29, 0.717) is 24.8 Å². The number of rotatable bonds is 2. The first-order valence-corrected chi connectivity index (χ1v) is 3.55. The molecule has 0 saturated heterocycles. The van der Waals surface area contributed by atoms with E-state index in [4.69, 9.17) is 0 Å². The van der Waals surface area contributed by atoms with Crippen molar-refractivity contribution in [1.29, 1.82) is 0 Å². The second-order valence-corrected chi connectivity index (χ2v) is 2.61. The molecule has 1 rings (SSSR count). The summed E-state index contributed by atoms with van der Waals surface area (Å²) in [5.41, 5.74) is 0.886. The number of hydrogen-bond acceptors (Lipinski definition) is 3. The van der Waals surface area contributed by atoms with Gasteiger partial charge in [0.05, 0.1) is 5.71 Å². The molecular formula is C7H11N3O. The monoisotopic (exact) mass is 153 g/mol. The van der Waals surface area contributed by atoms with Crippen molar-refractivity contribution in [2.75, 3.05) is 6.67 Å². The molecule has 11 heavy (non-hydrogen) atoms. The summed E-state index contributed by atoms with van der Waals surface area (Å²) in [6.07, 6.45) is 0.627. The van der Waals surface area contributed by atoms with Gasteiger partial charge in [-0.05, 0) is 5.92 Å². The van der Waals surface area contributed by atoms with Crippen LogP contribution in [0.15, 0.2) is 9.98 Å². The minimum Gasteiger partial charge on any atom is -0.312 e. The van der Waals surface area contributed by atoms with Gasteiger partial charge in [0.2, 0.25) is 6.41 Å². The van der Waals surface area contributed by atoms with Gasteiger partial charge in [0.25, 0.3) is 0 Å². The van der Waals surface area contributed by atoms with E-state index < -0.39 is 0 Å². The highest BCUT2D eigenvalue weighted by molar-refractivity contribution is 6.44. The van der Waals surface area contributed by atoms with E-state index in [1.807, 2.05) is 13.8 Å². The molecule has 1 aliphatic heterocycles. The smallest absolute Gasteiger partial charge is 0.212 e. The first-order valence-electron chi connectivity index (χ1n) is 3.55. The average molecular weight is 153 g/mol. The lowest BCUT2D eigenvalue weighted by Crippen LogP contribution is -2.31. The van der Waals surface area contributed by atoms with Crippen molar-refractivity contribution in [1.82, 2.24) is 5.32 Å². The fraction of sp³-hybridized carbons (Fsp3) is 0.571. The Morgan fingerprint density at radius 2 is 2.27 bits per heavy atom. The highest BCUT2D eigenvalue weighted by Gasteiger charge is 2.15. The molecule has 4 nitrogen and oxygen atoms in total. The Kier molecular flexibility index (Phi) is 2.36. The van der Waals surface area contributed by atoms with Crippen LogP contribution in [0.25, 0.3) is 0 Å². The molecule has 4 heteroatoms. The van der Waals surface area contributed by atoms with E-state index in [-0.39, 0.29) is 0 Å². The number of carbonyl (C=O) groups is 1. The minimum atomic E-state index is 0.323. The SMILES string of the molecule is CC(C)C1=NCN=C1NC=O. The van der Waals surface area contributed by atoms with Gasteiger partial charge in [0.1, 0.15) is 6.67 Å². The summed E-state index contributed by atoms with van der Waals surface area (Å²) in [7, 11) is 0. The minimum absolute atomic E-state index is 0.323. The van der Waals surface area contributed by atoms with Crippen LogP contribution in [-0.2, 0) is 4.79 Å². The predicted molar refractivity (Wildman–Crippen MR) is 43.8 cm³/mol. The van der Waals surface area contributed by atoms with Crippen LogP contribution < -0.4 is 5.32 Å². The lowest BCUT2D eigenvalue weighted by molar-refractivity contribution is -0.108. The molecule has 1 heterocycles. The second-order valence-electron chi connectivity index (χ2n) is 2.61. The van der Waals surface area contributed by atoms with Crippen LogP contribution >= 0.6 is 0 Å². The van der Waals surface area contributed by atoms with Crippen LogP contribution in [0.2, 0.25) is 0 Å². The van der Waals surface area contributed by atoms with Gasteiger partial charge in [-0.15, -0.1) is 0 Å². The van der Waals surface area contributed by atoms with Crippen LogP contribution in [-0.4, -0.2) is 24.6 Å². The summed E-state index contributed by atoms with van der Waals surface area (Å²) in [6, 6.07) is 0. The standard InChI is InChI=1S/C7H11N3O/c1-5(2)6-7(10-4-11)9-3-8-6/h4-5H,3H2,1-2H3,(H,9,10,11). The van der Waals surface area contributed by atoms with E-state index in [0.717, 1.165) is 5.71 Å². The van der Waals surface area contributed by atoms with Gasteiger partial charge in [-0.2, -0.15) is 0 Å². The van der Waals surface area contributed by atoms with Crippen molar-refractivity contribution < 1.29 is 4.79 Å². The molecule has 0 fully saturated rings. The van der Waals surface area contributed by atoms with Crippen LogP contribution in [0.5, 0.6) is 0 Å². The number of hydrogen-bond donors (Lipinski definition) is 1. The molecule has 0 atom stereocenters. The molecule has 0 spiro atoms. The molecule has 0 bridgehead atoms. The van der Waals surface area contributed by atoms with Gasteiger partial charge >= 0.3 is 0 Å². The molecule has 0 radical (unpaired) electrons. The first kappa shape index (κ1) is 7.91. The van der Waals surface area contributed by atoms with Crippen LogP contribution in [0.3, 0.4) is 0 Å². The molecule has 1 N–H and O–H groups in total. The number of carbonyl (C=O) groups excluding carboxylic acids is 1. The zero-order chi connectivity index (χ0) is 8.27. The number of nitrogens with zero attached hydrogens (tertiary/aromatic N) is 2. The van der Waals surface area contributed by atoms with Crippen LogP contribution in [0, 0.1) is 5.92 Å². The molecule has 0 aromatic carbocycles. The molecule has 1 amide bonds. The molecular weight excluding hydrogens is 142 g/mol. The zero-order valence-electron chi connectivity index (χ0n) is 6.66. The third-order valence-electron chi connectivity index (χ3n) is 1.46. The topological polar surface area (TPSA) is 53.8 Å². The maximum atomic E-state index is 10.1. The fourth-order valence-corrected chi connectivity index (χ4v) is 0.970. The average Bonchev–Trinajstić information content (AvgIpc) is 2.36. The number of amides is 1. The van der Waals surface area contributed by atoms with E-state index >= 15 is 0 Å². The third kappa shape index (κ3) is 1.63. The summed E-state index contributed by atoms with van der Waals surface area (Å²) in [5.74, 6) is 0.943. The van der Waals surface area contributed by atoms with Gasteiger partial charge in [0.15, 0.2) is 5.84 Å². The molecule has 60 valence electrons. The van der Waals surface area contributed by atoms with Crippen LogP contribution in [0.4, 0.5) is 0 Å².